The minimum atomic E-state index is -0.275. The number of aliphatic hydroxyl groups is 2. The zero-order valence-corrected chi connectivity index (χ0v) is 8.58. The summed E-state index contributed by atoms with van der Waals surface area (Å²) in [6.45, 7) is 4.01. The molecule has 3 heteroatoms. The number of nitrogens with one attached hydrogen (secondary N) is 1. The summed E-state index contributed by atoms with van der Waals surface area (Å²) < 4.78 is 0. The van der Waals surface area contributed by atoms with Gasteiger partial charge in [-0.3, -0.25) is 0 Å². The predicted molar refractivity (Wildman–Crippen MR) is 52.6 cm³/mol. The standard InChI is InChI=1S/C10H21NO2/c1-10(2,7-12)11-8-5-3-4-6-9(8)13/h8-9,11-13H,3-7H2,1-2H3/t8-,9-/m1/s1. The van der Waals surface area contributed by atoms with Crippen LogP contribution in [-0.4, -0.2) is 34.5 Å². The van der Waals surface area contributed by atoms with Crippen molar-refractivity contribution in [1.82, 2.24) is 5.32 Å². The number of hydrogen-bond donors (Lipinski definition) is 3. The van der Waals surface area contributed by atoms with E-state index in [9.17, 15) is 5.11 Å². The third kappa shape index (κ3) is 3.25. The van der Waals surface area contributed by atoms with E-state index in [1.807, 2.05) is 13.8 Å². The lowest BCUT2D eigenvalue weighted by Crippen LogP contribution is -2.53. The highest BCUT2D eigenvalue weighted by atomic mass is 16.3. The Morgan fingerprint density at radius 1 is 1.31 bits per heavy atom. The maximum atomic E-state index is 9.68. The molecule has 0 heterocycles. The summed E-state index contributed by atoms with van der Waals surface area (Å²) in [4.78, 5) is 0. The third-order valence-corrected chi connectivity index (χ3v) is 2.70. The molecule has 1 rings (SSSR count). The van der Waals surface area contributed by atoms with Gasteiger partial charge in [-0.25, -0.2) is 0 Å². The van der Waals surface area contributed by atoms with Gasteiger partial charge in [0.05, 0.1) is 12.7 Å². The second-order valence-electron chi connectivity index (χ2n) is 4.64. The van der Waals surface area contributed by atoms with Gasteiger partial charge < -0.3 is 15.5 Å². The lowest BCUT2D eigenvalue weighted by molar-refractivity contribution is 0.0637. The SMILES string of the molecule is CC(C)(CO)N[C@@H]1CCCC[C@H]1O. The van der Waals surface area contributed by atoms with Crippen LogP contribution < -0.4 is 5.32 Å². The molecular weight excluding hydrogens is 166 g/mol. The molecule has 3 nitrogen and oxygen atoms in total. The average Bonchev–Trinajstić information content (AvgIpc) is 2.09. The van der Waals surface area contributed by atoms with Crippen LogP contribution in [0.5, 0.6) is 0 Å². The molecule has 1 aliphatic rings. The Bertz CT molecular complexity index is 159. The van der Waals surface area contributed by atoms with Gasteiger partial charge >= 0.3 is 0 Å². The lowest BCUT2D eigenvalue weighted by Gasteiger charge is -2.35. The quantitative estimate of drug-likeness (QED) is 0.608. The first-order valence-electron chi connectivity index (χ1n) is 5.12. The Labute approximate surface area is 80.2 Å². The molecule has 0 bridgehead atoms. The molecule has 0 spiro atoms. The van der Waals surface area contributed by atoms with Crippen LogP contribution in [0.3, 0.4) is 0 Å². The van der Waals surface area contributed by atoms with Crippen molar-refractivity contribution in [2.24, 2.45) is 0 Å². The fraction of sp³-hybridized carbons (Fsp3) is 1.00. The molecule has 13 heavy (non-hydrogen) atoms. The van der Waals surface area contributed by atoms with Crippen LogP contribution in [0.1, 0.15) is 39.5 Å². The zero-order chi connectivity index (χ0) is 9.90. The van der Waals surface area contributed by atoms with E-state index >= 15 is 0 Å². The van der Waals surface area contributed by atoms with Crippen LogP contribution in [-0.2, 0) is 0 Å². The van der Waals surface area contributed by atoms with Crippen molar-refractivity contribution in [3.63, 3.8) is 0 Å². The first kappa shape index (κ1) is 11.0. The highest BCUT2D eigenvalue weighted by Gasteiger charge is 2.28. The summed E-state index contributed by atoms with van der Waals surface area (Å²) in [6, 6.07) is 0.163. The predicted octanol–water partition coefficient (Wildman–Crippen LogP) is 0.650. The molecule has 0 aromatic rings. The van der Waals surface area contributed by atoms with Crippen LogP contribution in [0.15, 0.2) is 0 Å². The van der Waals surface area contributed by atoms with E-state index in [2.05, 4.69) is 5.32 Å². The minimum absolute atomic E-state index is 0.107. The first-order chi connectivity index (χ1) is 6.05. The van der Waals surface area contributed by atoms with Crippen molar-refractivity contribution in [1.29, 1.82) is 0 Å². The highest BCUT2D eigenvalue weighted by molar-refractivity contribution is 4.87. The van der Waals surface area contributed by atoms with E-state index < -0.39 is 0 Å². The Kier molecular flexibility index (Phi) is 3.71. The average molecular weight is 187 g/mol. The topological polar surface area (TPSA) is 52.5 Å². The maximum absolute atomic E-state index is 9.68. The summed E-state index contributed by atoms with van der Waals surface area (Å²) in [5.41, 5.74) is -0.275. The van der Waals surface area contributed by atoms with Gasteiger partial charge in [-0.05, 0) is 26.7 Å². The fourth-order valence-corrected chi connectivity index (χ4v) is 1.83. The summed E-state index contributed by atoms with van der Waals surface area (Å²) >= 11 is 0. The first-order valence-corrected chi connectivity index (χ1v) is 5.12. The smallest absolute Gasteiger partial charge is 0.0693 e. The molecule has 2 atom stereocenters. The van der Waals surface area contributed by atoms with Crippen LogP contribution in [0.25, 0.3) is 0 Å². The molecule has 3 N–H and O–H groups in total. The molecule has 0 radical (unpaired) electrons. The van der Waals surface area contributed by atoms with Gasteiger partial charge in [-0.15, -0.1) is 0 Å². The van der Waals surface area contributed by atoms with E-state index in [-0.39, 0.29) is 24.3 Å². The van der Waals surface area contributed by atoms with Crippen molar-refractivity contribution in [2.75, 3.05) is 6.61 Å². The van der Waals surface area contributed by atoms with Crippen LogP contribution in [0.2, 0.25) is 0 Å². The second-order valence-corrected chi connectivity index (χ2v) is 4.64. The van der Waals surface area contributed by atoms with Crippen LogP contribution in [0.4, 0.5) is 0 Å². The van der Waals surface area contributed by atoms with Gasteiger partial charge in [0.15, 0.2) is 0 Å². The molecular formula is C10H21NO2. The second kappa shape index (κ2) is 4.40. The number of aliphatic hydroxyl groups excluding tert-OH is 2. The monoisotopic (exact) mass is 187 g/mol. The van der Waals surface area contributed by atoms with Crippen molar-refractivity contribution >= 4 is 0 Å². The molecule has 0 aromatic carbocycles. The van der Waals surface area contributed by atoms with Gasteiger partial charge in [0.25, 0.3) is 0 Å². The van der Waals surface area contributed by atoms with E-state index in [1.54, 1.807) is 0 Å². The molecule has 78 valence electrons. The molecule has 0 unspecified atom stereocenters. The normalized spacial score (nSPS) is 30.5. The van der Waals surface area contributed by atoms with Crippen molar-refractivity contribution in [2.45, 2.75) is 57.2 Å². The van der Waals surface area contributed by atoms with E-state index in [0.29, 0.717) is 0 Å². The fourth-order valence-electron chi connectivity index (χ4n) is 1.83. The van der Waals surface area contributed by atoms with Crippen molar-refractivity contribution in [3.8, 4) is 0 Å². The van der Waals surface area contributed by atoms with Gasteiger partial charge in [0.2, 0.25) is 0 Å². The largest absolute Gasteiger partial charge is 0.394 e. The Balaban J connectivity index is 2.42. The summed E-state index contributed by atoms with van der Waals surface area (Å²) in [6.07, 6.45) is 3.97. The van der Waals surface area contributed by atoms with Gasteiger partial charge in [-0.2, -0.15) is 0 Å². The molecule has 0 amide bonds. The number of rotatable bonds is 3. The van der Waals surface area contributed by atoms with Gasteiger partial charge in [0.1, 0.15) is 0 Å². The molecule has 0 aromatic heterocycles. The zero-order valence-electron chi connectivity index (χ0n) is 8.58. The van der Waals surface area contributed by atoms with E-state index in [4.69, 9.17) is 5.11 Å². The summed E-state index contributed by atoms with van der Waals surface area (Å²) in [7, 11) is 0. The van der Waals surface area contributed by atoms with Crippen LogP contribution >= 0.6 is 0 Å². The Hall–Kier alpha value is -0.120. The molecule has 1 aliphatic carbocycles. The van der Waals surface area contributed by atoms with Crippen molar-refractivity contribution < 1.29 is 10.2 Å². The molecule has 0 saturated heterocycles. The Morgan fingerprint density at radius 3 is 2.46 bits per heavy atom. The third-order valence-electron chi connectivity index (χ3n) is 2.70. The number of hydrogen-bond acceptors (Lipinski definition) is 3. The highest BCUT2D eigenvalue weighted by Crippen LogP contribution is 2.20. The minimum Gasteiger partial charge on any atom is -0.394 e. The van der Waals surface area contributed by atoms with Crippen molar-refractivity contribution in [3.05, 3.63) is 0 Å². The Morgan fingerprint density at radius 2 is 1.92 bits per heavy atom. The lowest BCUT2D eigenvalue weighted by atomic mass is 9.90. The molecule has 0 aliphatic heterocycles. The summed E-state index contributed by atoms with van der Waals surface area (Å²) in [5, 5.41) is 22.0. The van der Waals surface area contributed by atoms with E-state index in [1.165, 1.54) is 6.42 Å². The molecule has 1 saturated carbocycles. The van der Waals surface area contributed by atoms with E-state index in [0.717, 1.165) is 19.3 Å². The van der Waals surface area contributed by atoms with Gasteiger partial charge in [0, 0.05) is 11.6 Å². The van der Waals surface area contributed by atoms with Gasteiger partial charge in [-0.1, -0.05) is 12.8 Å². The molecule has 1 fully saturated rings. The maximum Gasteiger partial charge on any atom is 0.0693 e. The van der Waals surface area contributed by atoms with Crippen LogP contribution in [0, 0.1) is 0 Å². The summed E-state index contributed by atoms with van der Waals surface area (Å²) in [5.74, 6) is 0.